The molecule has 1 aromatic heterocycles. The number of alkyl halides is 2. The number of hydrogen-bond donors (Lipinski definition) is 1. The van der Waals surface area contributed by atoms with Crippen molar-refractivity contribution in [3.05, 3.63) is 51.7 Å². The van der Waals surface area contributed by atoms with Gasteiger partial charge in [-0.15, -0.1) is 11.3 Å². The molecule has 0 spiro atoms. The third kappa shape index (κ3) is 4.01. The fourth-order valence-corrected chi connectivity index (χ4v) is 2.71. The van der Waals surface area contributed by atoms with Crippen LogP contribution in [0.4, 0.5) is 8.78 Å². The second kappa shape index (κ2) is 6.67. The molecule has 2 rings (SSSR count). The van der Waals surface area contributed by atoms with Crippen molar-refractivity contribution in [1.29, 1.82) is 0 Å². The highest BCUT2D eigenvalue weighted by atomic mass is 32.1. The zero-order chi connectivity index (χ0) is 15.4. The molecule has 0 saturated carbocycles. The molecule has 3 nitrogen and oxygen atoms in total. The molecule has 112 valence electrons. The second-order valence-corrected chi connectivity index (χ2v) is 5.81. The number of halogens is 2. The van der Waals surface area contributed by atoms with E-state index in [0.29, 0.717) is 10.4 Å². The summed E-state index contributed by atoms with van der Waals surface area (Å²) in [5.41, 5.74) is 0.513. The number of benzene rings is 1. The maximum Gasteiger partial charge on any atom is 0.387 e. The Morgan fingerprint density at radius 3 is 2.57 bits per heavy atom. The number of amides is 1. The lowest BCUT2D eigenvalue weighted by atomic mass is 10.1. The number of para-hydroxylation sites is 1. The minimum Gasteiger partial charge on any atom is -0.434 e. The molecule has 0 aliphatic heterocycles. The maximum atomic E-state index is 12.4. The van der Waals surface area contributed by atoms with Gasteiger partial charge in [0, 0.05) is 10.4 Å². The Kier molecular flexibility index (Phi) is 4.90. The Morgan fingerprint density at radius 1 is 1.24 bits per heavy atom. The van der Waals surface area contributed by atoms with Crippen LogP contribution in [0.15, 0.2) is 36.4 Å². The molecule has 1 aromatic carbocycles. The molecule has 6 heteroatoms. The zero-order valence-electron chi connectivity index (χ0n) is 11.6. The summed E-state index contributed by atoms with van der Waals surface area (Å²) in [6.07, 6.45) is 0. The molecule has 21 heavy (non-hydrogen) atoms. The number of carbonyl (C=O) groups excluding carboxylic acids is 1. The van der Waals surface area contributed by atoms with E-state index in [1.54, 1.807) is 31.2 Å². The molecule has 0 radical (unpaired) electrons. The quantitative estimate of drug-likeness (QED) is 0.901. The van der Waals surface area contributed by atoms with Crippen LogP contribution in [-0.2, 0) is 0 Å². The molecule has 1 N–H and O–H groups in total. The number of thiophene rings is 1. The van der Waals surface area contributed by atoms with E-state index in [1.807, 2.05) is 13.0 Å². The highest BCUT2D eigenvalue weighted by Gasteiger charge is 2.17. The third-order valence-corrected chi connectivity index (χ3v) is 3.91. The number of aryl methyl sites for hydroxylation is 1. The van der Waals surface area contributed by atoms with Gasteiger partial charge in [-0.1, -0.05) is 18.2 Å². The minimum absolute atomic E-state index is 0.0719. The Labute approximate surface area is 125 Å². The maximum absolute atomic E-state index is 12.4. The van der Waals surface area contributed by atoms with Gasteiger partial charge in [0.05, 0.1) is 10.9 Å². The van der Waals surface area contributed by atoms with Crippen LogP contribution in [0.2, 0.25) is 0 Å². The highest BCUT2D eigenvalue weighted by Crippen LogP contribution is 2.27. The van der Waals surface area contributed by atoms with E-state index < -0.39 is 12.7 Å². The minimum atomic E-state index is -2.89. The van der Waals surface area contributed by atoms with Crippen LogP contribution in [0.5, 0.6) is 5.75 Å². The van der Waals surface area contributed by atoms with Gasteiger partial charge in [-0.2, -0.15) is 8.78 Å². The topological polar surface area (TPSA) is 38.3 Å². The van der Waals surface area contributed by atoms with Crippen molar-refractivity contribution in [2.45, 2.75) is 26.5 Å². The van der Waals surface area contributed by atoms with Crippen molar-refractivity contribution in [3.8, 4) is 5.75 Å². The summed E-state index contributed by atoms with van der Waals surface area (Å²) in [5.74, 6) is -0.157. The largest absolute Gasteiger partial charge is 0.434 e. The normalized spacial score (nSPS) is 12.2. The lowest BCUT2D eigenvalue weighted by Gasteiger charge is -2.17. The first-order valence-electron chi connectivity index (χ1n) is 6.38. The van der Waals surface area contributed by atoms with Gasteiger partial charge in [-0.05, 0) is 32.0 Å². The van der Waals surface area contributed by atoms with Gasteiger partial charge < -0.3 is 10.1 Å². The van der Waals surface area contributed by atoms with Crippen molar-refractivity contribution < 1.29 is 18.3 Å². The highest BCUT2D eigenvalue weighted by molar-refractivity contribution is 7.13. The standard InChI is InChI=1S/C15H15F2NO2S/c1-9-7-8-13(21-9)14(19)18-10(2)11-5-3-4-6-12(11)20-15(16)17/h3-8,10,15H,1-2H3,(H,18,19)/t10-/m1/s1. The fourth-order valence-electron chi connectivity index (χ4n) is 1.94. The fraction of sp³-hybridized carbons (Fsp3) is 0.267. The molecule has 0 aliphatic carbocycles. The van der Waals surface area contributed by atoms with Crippen LogP contribution in [0.25, 0.3) is 0 Å². The summed E-state index contributed by atoms with van der Waals surface area (Å²) in [6, 6.07) is 9.60. The van der Waals surface area contributed by atoms with E-state index in [2.05, 4.69) is 10.1 Å². The lowest BCUT2D eigenvalue weighted by Crippen LogP contribution is -2.26. The first kappa shape index (κ1) is 15.4. The van der Waals surface area contributed by atoms with Gasteiger partial charge in [0.1, 0.15) is 5.75 Å². The van der Waals surface area contributed by atoms with Crippen molar-refractivity contribution >= 4 is 17.2 Å². The Morgan fingerprint density at radius 2 is 1.95 bits per heavy atom. The van der Waals surface area contributed by atoms with Crippen molar-refractivity contribution in [2.24, 2.45) is 0 Å². The average Bonchev–Trinajstić information content (AvgIpc) is 2.85. The van der Waals surface area contributed by atoms with Gasteiger partial charge in [0.25, 0.3) is 5.91 Å². The Bertz CT molecular complexity index is 628. The van der Waals surface area contributed by atoms with Crippen molar-refractivity contribution in [2.75, 3.05) is 0 Å². The molecule has 2 aromatic rings. The first-order chi connectivity index (χ1) is 9.97. The van der Waals surface area contributed by atoms with Gasteiger partial charge in [-0.25, -0.2) is 0 Å². The summed E-state index contributed by atoms with van der Waals surface area (Å²) in [7, 11) is 0. The number of rotatable bonds is 5. The summed E-state index contributed by atoms with van der Waals surface area (Å²) >= 11 is 1.38. The van der Waals surface area contributed by atoms with E-state index in [1.165, 1.54) is 17.4 Å². The lowest BCUT2D eigenvalue weighted by molar-refractivity contribution is -0.0506. The first-order valence-corrected chi connectivity index (χ1v) is 7.20. The molecule has 0 aliphatic rings. The molecule has 1 heterocycles. The van der Waals surface area contributed by atoms with Crippen molar-refractivity contribution in [3.63, 3.8) is 0 Å². The van der Waals surface area contributed by atoms with Gasteiger partial charge in [0.2, 0.25) is 0 Å². The molecule has 1 amide bonds. The predicted octanol–water partition coefficient (Wildman–Crippen LogP) is 4.15. The van der Waals surface area contributed by atoms with E-state index in [4.69, 9.17) is 0 Å². The van der Waals surface area contributed by atoms with Crippen LogP contribution in [0.3, 0.4) is 0 Å². The number of carbonyl (C=O) groups is 1. The van der Waals surface area contributed by atoms with Crippen LogP contribution < -0.4 is 10.1 Å². The van der Waals surface area contributed by atoms with E-state index in [0.717, 1.165) is 4.88 Å². The average molecular weight is 311 g/mol. The SMILES string of the molecule is Cc1ccc(C(=O)N[C@H](C)c2ccccc2OC(F)F)s1. The predicted molar refractivity (Wildman–Crippen MR) is 78.0 cm³/mol. The second-order valence-electron chi connectivity index (χ2n) is 4.52. The summed E-state index contributed by atoms with van der Waals surface area (Å²) in [5, 5.41) is 2.79. The summed E-state index contributed by atoms with van der Waals surface area (Å²) in [4.78, 5) is 13.7. The number of nitrogens with one attached hydrogen (secondary N) is 1. The monoisotopic (exact) mass is 311 g/mol. The molecule has 0 saturated heterocycles. The molecule has 0 fully saturated rings. The molecular formula is C15H15F2NO2S. The Hall–Kier alpha value is -1.95. The van der Waals surface area contributed by atoms with Gasteiger partial charge in [-0.3, -0.25) is 4.79 Å². The van der Waals surface area contributed by atoms with Crippen LogP contribution >= 0.6 is 11.3 Å². The Balaban J connectivity index is 2.13. The molecular weight excluding hydrogens is 296 g/mol. The molecule has 1 atom stereocenters. The number of ether oxygens (including phenoxy) is 1. The van der Waals surface area contributed by atoms with E-state index >= 15 is 0 Å². The van der Waals surface area contributed by atoms with Gasteiger partial charge in [0.15, 0.2) is 0 Å². The smallest absolute Gasteiger partial charge is 0.387 e. The van der Waals surface area contributed by atoms with Gasteiger partial charge >= 0.3 is 6.61 Å². The van der Waals surface area contributed by atoms with E-state index in [-0.39, 0.29) is 11.7 Å². The van der Waals surface area contributed by atoms with Crippen LogP contribution in [-0.4, -0.2) is 12.5 Å². The van der Waals surface area contributed by atoms with Crippen LogP contribution in [0.1, 0.15) is 33.1 Å². The molecule has 0 bridgehead atoms. The summed E-state index contributed by atoms with van der Waals surface area (Å²) in [6.45, 7) is 0.747. The summed E-state index contributed by atoms with van der Waals surface area (Å²) < 4.78 is 29.2. The number of hydrogen-bond acceptors (Lipinski definition) is 3. The van der Waals surface area contributed by atoms with E-state index in [9.17, 15) is 13.6 Å². The third-order valence-electron chi connectivity index (χ3n) is 2.91. The van der Waals surface area contributed by atoms with Crippen LogP contribution in [0, 0.1) is 6.92 Å². The zero-order valence-corrected chi connectivity index (χ0v) is 12.4. The molecule has 0 unspecified atom stereocenters. The van der Waals surface area contributed by atoms with Crippen molar-refractivity contribution in [1.82, 2.24) is 5.32 Å².